The Hall–Kier alpha value is -1.85. The van der Waals surface area contributed by atoms with Crippen LogP contribution in [0.1, 0.15) is 5.69 Å². The minimum atomic E-state index is 0.448. The van der Waals surface area contributed by atoms with Crippen molar-refractivity contribution in [2.75, 3.05) is 5.73 Å². The molecule has 6 heteroatoms. The number of aryl methyl sites for hydroxylation is 1. The lowest BCUT2D eigenvalue weighted by Gasteiger charge is -1.96. The van der Waals surface area contributed by atoms with Crippen LogP contribution in [0.3, 0.4) is 0 Å². The fourth-order valence-electron chi connectivity index (χ4n) is 1.10. The van der Waals surface area contributed by atoms with Crippen LogP contribution in [0.25, 0.3) is 5.69 Å². The second-order valence-electron chi connectivity index (χ2n) is 2.84. The highest BCUT2D eigenvalue weighted by molar-refractivity contribution is 5.37. The molecule has 0 bridgehead atoms. The monoisotopic (exact) mass is 178 g/mol. The fourth-order valence-corrected chi connectivity index (χ4v) is 1.10. The van der Waals surface area contributed by atoms with Crippen LogP contribution >= 0.6 is 0 Å². The highest BCUT2D eigenvalue weighted by atomic mass is 15.5. The first kappa shape index (κ1) is 7.78. The molecular formula is C7H10N6. The van der Waals surface area contributed by atoms with E-state index < -0.39 is 0 Å². The molecule has 0 saturated carbocycles. The number of rotatable bonds is 1. The van der Waals surface area contributed by atoms with Crippen LogP contribution < -0.4 is 5.73 Å². The van der Waals surface area contributed by atoms with Gasteiger partial charge in [0.15, 0.2) is 5.82 Å². The van der Waals surface area contributed by atoms with Gasteiger partial charge < -0.3 is 5.73 Å². The van der Waals surface area contributed by atoms with Crippen molar-refractivity contribution < 1.29 is 0 Å². The Morgan fingerprint density at radius 3 is 2.69 bits per heavy atom. The Morgan fingerprint density at radius 2 is 2.23 bits per heavy atom. The summed E-state index contributed by atoms with van der Waals surface area (Å²) in [5.74, 6) is 0.448. The van der Waals surface area contributed by atoms with Gasteiger partial charge in [0.05, 0.1) is 18.1 Å². The maximum Gasteiger partial charge on any atom is 0.169 e. The molecule has 0 fully saturated rings. The molecule has 0 spiro atoms. The van der Waals surface area contributed by atoms with Crippen LogP contribution in [0.15, 0.2) is 12.4 Å². The third-order valence-corrected chi connectivity index (χ3v) is 1.87. The number of hydrogen-bond donors (Lipinski definition) is 1. The van der Waals surface area contributed by atoms with Crippen molar-refractivity contribution in [2.45, 2.75) is 6.92 Å². The maximum absolute atomic E-state index is 5.56. The minimum absolute atomic E-state index is 0.448. The molecule has 68 valence electrons. The average Bonchev–Trinajstić information content (AvgIpc) is 2.62. The molecule has 6 nitrogen and oxygen atoms in total. The van der Waals surface area contributed by atoms with Gasteiger partial charge in [0.1, 0.15) is 5.69 Å². The number of nitrogens with two attached hydrogens (primary N) is 1. The van der Waals surface area contributed by atoms with Crippen LogP contribution in [0.4, 0.5) is 5.82 Å². The Kier molecular flexibility index (Phi) is 1.54. The van der Waals surface area contributed by atoms with Crippen molar-refractivity contribution >= 4 is 5.82 Å². The summed E-state index contributed by atoms with van der Waals surface area (Å²) in [5.41, 5.74) is 7.25. The lowest BCUT2D eigenvalue weighted by Crippen LogP contribution is -1.98. The van der Waals surface area contributed by atoms with Gasteiger partial charge in [-0.15, -0.1) is 5.10 Å². The first-order valence-corrected chi connectivity index (χ1v) is 3.85. The van der Waals surface area contributed by atoms with E-state index in [-0.39, 0.29) is 0 Å². The SMILES string of the molecule is Cc1c(N)nnn1-c1cnn(C)c1. The molecule has 0 aliphatic rings. The van der Waals surface area contributed by atoms with E-state index in [0.717, 1.165) is 11.4 Å². The highest BCUT2D eigenvalue weighted by Gasteiger charge is 2.07. The van der Waals surface area contributed by atoms with Crippen LogP contribution in [0.5, 0.6) is 0 Å². The van der Waals surface area contributed by atoms with Crippen molar-refractivity contribution in [3.05, 3.63) is 18.1 Å². The fraction of sp³-hybridized carbons (Fsp3) is 0.286. The Bertz CT molecular complexity index is 426. The van der Waals surface area contributed by atoms with Crippen molar-refractivity contribution in [1.82, 2.24) is 24.8 Å². The van der Waals surface area contributed by atoms with Crippen molar-refractivity contribution in [3.8, 4) is 5.69 Å². The maximum atomic E-state index is 5.56. The molecule has 0 saturated heterocycles. The lowest BCUT2D eigenvalue weighted by atomic mass is 10.4. The van der Waals surface area contributed by atoms with E-state index in [0.29, 0.717) is 5.82 Å². The largest absolute Gasteiger partial charge is 0.381 e. The van der Waals surface area contributed by atoms with Crippen molar-refractivity contribution in [1.29, 1.82) is 0 Å². The summed E-state index contributed by atoms with van der Waals surface area (Å²) < 4.78 is 3.36. The number of nitrogen functional groups attached to an aromatic ring is 1. The zero-order valence-corrected chi connectivity index (χ0v) is 7.47. The first-order valence-electron chi connectivity index (χ1n) is 3.85. The third-order valence-electron chi connectivity index (χ3n) is 1.87. The molecule has 13 heavy (non-hydrogen) atoms. The second kappa shape index (κ2) is 2.58. The van der Waals surface area contributed by atoms with Gasteiger partial charge in [0.25, 0.3) is 0 Å². The van der Waals surface area contributed by atoms with Crippen LogP contribution in [-0.4, -0.2) is 24.8 Å². The molecule has 0 unspecified atom stereocenters. The van der Waals surface area contributed by atoms with E-state index in [2.05, 4.69) is 15.4 Å². The molecule has 0 aromatic carbocycles. The van der Waals surface area contributed by atoms with E-state index in [1.165, 1.54) is 0 Å². The zero-order chi connectivity index (χ0) is 9.42. The molecule has 2 rings (SSSR count). The van der Waals surface area contributed by atoms with Gasteiger partial charge >= 0.3 is 0 Å². The van der Waals surface area contributed by atoms with Gasteiger partial charge in [0.2, 0.25) is 0 Å². The van der Waals surface area contributed by atoms with E-state index in [1.807, 2.05) is 20.2 Å². The Balaban J connectivity index is 2.52. The standard InChI is InChI=1S/C7H10N6/c1-5-7(8)10-11-13(5)6-3-9-12(2)4-6/h3-4H,8H2,1-2H3. The van der Waals surface area contributed by atoms with Gasteiger partial charge in [0, 0.05) is 7.05 Å². The van der Waals surface area contributed by atoms with Crippen LogP contribution in [0, 0.1) is 6.92 Å². The lowest BCUT2D eigenvalue weighted by molar-refractivity contribution is 0.760. The molecule has 2 aromatic rings. The number of aromatic nitrogens is 5. The van der Waals surface area contributed by atoms with Gasteiger partial charge in [-0.1, -0.05) is 5.21 Å². The number of nitrogens with zero attached hydrogens (tertiary/aromatic N) is 5. The molecule has 2 N–H and O–H groups in total. The summed E-state index contributed by atoms with van der Waals surface area (Å²) >= 11 is 0. The molecule has 0 aliphatic carbocycles. The summed E-state index contributed by atoms with van der Waals surface area (Å²) in [6.45, 7) is 1.86. The summed E-state index contributed by atoms with van der Waals surface area (Å²) in [7, 11) is 1.85. The average molecular weight is 178 g/mol. The van der Waals surface area contributed by atoms with Gasteiger partial charge in [-0.2, -0.15) is 5.10 Å². The number of hydrogen-bond acceptors (Lipinski definition) is 4. The third kappa shape index (κ3) is 1.16. The van der Waals surface area contributed by atoms with Crippen LogP contribution in [0.2, 0.25) is 0 Å². The molecule has 0 amide bonds. The Morgan fingerprint density at radius 1 is 1.46 bits per heavy atom. The van der Waals surface area contributed by atoms with Gasteiger partial charge in [-0.05, 0) is 6.92 Å². The van der Waals surface area contributed by atoms with Gasteiger partial charge in [-0.25, -0.2) is 4.68 Å². The molecular weight excluding hydrogens is 168 g/mol. The zero-order valence-electron chi connectivity index (χ0n) is 7.47. The Labute approximate surface area is 75.0 Å². The molecule has 2 aromatic heterocycles. The predicted molar refractivity (Wildman–Crippen MR) is 47.3 cm³/mol. The van der Waals surface area contributed by atoms with E-state index in [4.69, 9.17) is 5.73 Å². The number of anilines is 1. The molecule has 0 aliphatic heterocycles. The van der Waals surface area contributed by atoms with Crippen molar-refractivity contribution in [3.63, 3.8) is 0 Å². The summed E-state index contributed by atoms with van der Waals surface area (Å²) in [6, 6.07) is 0. The minimum Gasteiger partial charge on any atom is -0.381 e. The van der Waals surface area contributed by atoms with E-state index >= 15 is 0 Å². The van der Waals surface area contributed by atoms with Crippen molar-refractivity contribution in [2.24, 2.45) is 7.05 Å². The molecule has 0 atom stereocenters. The molecule has 2 heterocycles. The summed E-state index contributed by atoms with van der Waals surface area (Å²) in [5, 5.41) is 11.7. The summed E-state index contributed by atoms with van der Waals surface area (Å²) in [4.78, 5) is 0. The molecule has 0 radical (unpaired) electrons. The first-order chi connectivity index (χ1) is 6.18. The van der Waals surface area contributed by atoms with Crippen LogP contribution in [-0.2, 0) is 7.05 Å². The van der Waals surface area contributed by atoms with Gasteiger partial charge in [-0.3, -0.25) is 4.68 Å². The quantitative estimate of drug-likeness (QED) is 0.661. The summed E-state index contributed by atoms with van der Waals surface area (Å²) in [6.07, 6.45) is 3.56. The second-order valence-corrected chi connectivity index (χ2v) is 2.84. The normalized spacial score (nSPS) is 10.6. The highest BCUT2D eigenvalue weighted by Crippen LogP contribution is 2.11. The predicted octanol–water partition coefficient (Wildman–Crippen LogP) is -0.109. The smallest absolute Gasteiger partial charge is 0.169 e. The van der Waals surface area contributed by atoms with E-state index in [1.54, 1.807) is 15.6 Å². The topological polar surface area (TPSA) is 74.6 Å². The van der Waals surface area contributed by atoms with E-state index in [9.17, 15) is 0 Å².